The first-order chi connectivity index (χ1) is 8.74. The van der Waals surface area contributed by atoms with Gasteiger partial charge in [-0.25, -0.2) is 0 Å². The van der Waals surface area contributed by atoms with Crippen molar-refractivity contribution in [3.05, 3.63) is 22.6 Å². The Morgan fingerprint density at radius 2 is 2.00 bits per heavy atom. The highest BCUT2D eigenvalue weighted by Gasteiger charge is 2.29. The molecule has 0 aliphatic carbocycles. The molecule has 18 heavy (non-hydrogen) atoms. The minimum atomic E-state index is 0.373. The Morgan fingerprint density at radius 3 is 2.50 bits per heavy atom. The lowest BCUT2D eigenvalue weighted by Gasteiger charge is -2.44. The van der Waals surface area contributed by atoms with Gasteiger partial charge < -0.3 is 9.73 Å². The molecule has 2 aliphatic heterocycles. The fourth-order valence-corrected chi connectivity index (χ4v) is 3.07. The van der Waals surface area contributed by atoms with Gasteiger partial charge in [-0.15, -0.1) is 0 Å². The van der Waals surface area contributed by atoms with Crippen molar-refractivity contribution in [2.45, 2.75) is 19.0 Å². The Morgan fingerprint density at radius 1 is 1.28 bits per heavy atom. The molecular weight excluding hydrogens is 294 g/mol. The normalized spacial score (nSPS) is 25.0. The van der Waals surface area contributed by atoms with Gasteiger partial charge in [-0.3, -0.25) is 9.80 Å². The molecule has 1 unspecified atom stereocenters. The molecule has 1 aromatic heterocycles. The molecule has 1 aromatic rings. The summed E-state index contributed by atoms with van der Waals surface area (Å²) in [5, 5.41) is 3.35. The van der Waals surface area contributed by atoms with Crippen molar-refractivity contribution in [2.24, 2.45) is 0 Å². The van der Waals surface area contributed by atoms with Crippen LogP contribution in [0, 0.1) is 0 Å². The molecule has 1 atom stereocenters. The molecule has 5 heteroatoms. The van der Waals surface area contributed by atoms with E-state index in [2.05, 4.69) is 44.0 Å². The Balaban J connectivity index is 1.55. The first-order valence-electron chi connectivity index (χ1n) is 6.68. The number of halogens is 1. The summed E-state index contributed by atoms with van der Waals surface area (Å²) in [4.78, 5) is 5.12. The molecular formula is C13H20BrN3O. The van der Waals surface area contributed by atoms with Crippen LogP contribution in [-0.4, -0.2) is 55.1 Å². The van der Waals surface area contributed by atoms with E-state index in [9.17, 15) is 0 Å². The summed E-state index contributed by atoms with van der Waals surface area (Å²) in [7, 11) is 0. The molecule has 0 radical (unpaired) electrons. The van der Waals surface area contributed by atoms with E-state index >= 15 is 0 Å². The molecule has 0 bridgehead atoms. The molecule has 0 saturated carbocycles. The number of hydrogen-bond donors (Lipinski definition) is 1. The molecule has 2 fully saturated rings. The van der Waals surface area contributed by atoms with Crippen LogP contribution >= 0.6 is 15.9 Å². The van der Waals surface area contributed by atoms with Crippen molar-refractivity contribution < 1.29 is 4.42 Å². The van der Waals surface area contributed by atoms with E-state index in [1.807, 2.05) is 6.07 Å². The first kappa shape index (κ1) is 12.7. The van der Waals surface area contributed by atoms with Crippen molar-refractivity contribution in [3.63, 3.8) is 0 Å². The Kier molecular flexibility index (Phi) is 3.75. The number of rotatable bonds is 3. The van der Waals surface area contributed by atoms with Crippen LogP contribution < -0.4 is 5.32 Å². The summed E-state index contributed by atoms with van der Waals surface area (Å²) in [5.41, 5.74) is 0. The van der Waals surface area contributed by atoms with Crippen LogP contribution in [0.2, 0.25) is 0 Å². The number of nitrogens with zero attached hydrogens (tertiary/aromatic N) is 2. The van der Waals surface area contributed by atoms with E-state index in [1.165, 1.54) is 26.2 Å². The van der Waals surface area contributed by atoms with Crippen LogP contribution in [0.1, 0.15) is 18.7 Å². The Labute approximate surface area is 116 Å². The summed E-state index contributed by atoms with van der Waals surface area (Å²) in [6, 6.07) is 5.19. The van der Waals surface area contributed by atoms with Crippen molar-refractivity contribution in [1.29, 1.82) is 0 Å². The van der Waals surface area contributed by atoms with E-state index < -0.39 is 0 Å². The molecule has 4 nitrogen and oxygen atoms in total. The highest BCUT2D eigenvalue weighted by atomic mass is 79.9. The molecule has 0 spiro atoms. The van der Waals surface area contributed by atoms with E-state index in [4.69, 9.17) is 4.42 Å². The van der Waals surface area contributed by atoms with Gasteiger partial charge >= 0.3 is 0 Å². The van der Waals surface area contributed by atoms with Gasteiger partial charge in [0, 0.05) is 45.3 Å². The largest absolute Gasteiger partial charge is 0.453 e. The van der Waals surface area contributed by atoms with Gasteiger partial charge in [-0.05, 0) is 35.0 Å². The molecule has 0 amide bonds. The van der Waals surface area contributed by atoms with E-state index in [0.29, 0.717) is 6.04 Å². The maximum Gasteiger partial charge on any atom is 0.169 e. The minimum absolute atomic E-state index is 0.373. The third-order valence-corrected chi connectivity index (χ3v) is 4.60. The van der Waals surface area contributed by atoms with Gasteiger partial charge in [0.25, 0.3) is 0 Å². The van der Waals surface area contributed by atoms with Crippen LogP contribution in [0.4, 0.5) is 0 Å². The number of nitrogens with one attached hydrogen (secondary N) is 1. The van der Waals surface area contributed by atoms with Gasteiger partial charge in [0.1, 0.15) is 5.76 Å². The fourth-order valence-electron chi connectivity index (χ4n) is 2.75. The molecule has 0 aromatic carbocycles. The SMILES string of the molecule is CC(c1ccc(Br)o1)N1CCN(C2CNC2)CC1. The lowest BCUT2D eigenvalue weighted by molar-refractivity contribution is 0.0503. The molecule has 100 valence electrons. The molecule has 3 rings (SSSR count). The average molecular weight is 314 g/mol. The second kappa shape index (κ2) is 5.33. The molecule has 3 heterocycles. The topological polar surface area (TPSA) is 31.7 Å². The zero-order valence-electron chi connectivity index (χ0n) is 10.7. The Hall–Kier alpha value is -0.360. The molecule has 2 saturated heterocycles. The van der Waals surface area contributed by atoms with Crippen LogP contribution in [-0.2, 0) is 0 Å². The van der Waals surface area contributed by atoms with Gasteiger partial charge in [0.15, 0.2) is 4.67 Å². The lowest BCUT2D eigenvalue weighted by Crippen LogP contribution is -2.61. The zero-order valence-corrected chi connectivity index (χ0v) is 12.3. The fraction of sp³-hybridized carbons (Fsp3) is 0.692. The number of piperazine rings is 1. The first-order valence-corrected chi connectivity index (χ1v) is 7.47. The van der Waals surface area contributed by atoms with Gasteiger partial charge in [-0.1, -0.05) is 0 Å². The van der Waals surface area contributed by atoms with Gasteiger partial charge in [0.2, 0.25) is 0 Å². The maximum absolute atomic E-state index is 5.66. The maximum atomic E-state index is 5.66. The van der Waals surface area contributed by atoms with Crippen molar-refractivity contribution >= 4 is 15.9 Å². The monoisotopic (exact) mass is 313 g/mol. The van der Waals surface area contributed by atoms with E-state index in [1.54, 1.807) is 0 Å². The summed E-state index contributed by atoms with van der Waals surface area (Å²) in [5.74, 6) is 1.06. The Bertz CT molecular complexity index is 397. The zero-order chi connectivity index (χ0) is 12.5. The van der Waals surface area contributed by atoms with Crippen LogP contribution in [0.3, 0.4) is 0 Å². The summed E-state index contributed by atoms with van der Waals surface area (Å²) in [6.45, 7) is 9.19. The molecule has 2 aliphatic rings. The minimum Gasteiger partial charge on any atom is -0.453 e. The third kappa shape index (κ3) is 2.50. The van der Waals surface area contributed by atoms with Crippen molar-refractivity contribution in [2.75, 3.05) is 39.3 Å². The van der Waals surface area contributed by atoms with Crippen LogP contribution in [0.15, 0.2) is 21.2 Å². The molecule has 1 N–H and O–H groups in total. The van der Waals surface area contributed by atoms with E-state index in [-0.39, 0.29) is 0 Å². The summed E-state index contributed by atoms with van der Waals surface area (Å²) < 4.78 is 6.48. The van der Waals surface area contributed by atoms with Gasteiger partial charge in [0.05, 0.1) is 6.04 Å². The second-order valence-corrected chi connectivity index (χ2v) is 5.98. The summed E-state index contributed by atoms with van der Waals surface area (Å²) in [6.07, 6.45) is 0. The standard InChI is InChI=1S/C13H20BrN3O/c1-10(12-2-3-13(14)18-12)16-4-6-17(7-5-16)11-8-15-9-11/h2-3,10-11,15H,4-9H2,1H3. The van der Waals surface area contributed by atoms with E-state index in [0.717, 1.165) is 29.6 Å². The van der Waals surface area contributed by atoms with Crippen molar-refractivity contribution in [3.8, 4) is 0 Å². The van der Waals surface area contributed by atoms with Crippen LogP contribution in [0.25, 0.3) is 0 Å². The smallest absolute Gasteiger partial charge is 0.169 e. The number of furan rings is 1. The second-order valence-electron chi connectivity index (χ2n) is 5.20. The lowest BCUT2D eigenvalue weighted by atomic mass is 10.1. The highest BCUT2D eigenvalue weighted by molar-refractivity contribution is 9.10. The quantitative estimate of drug-likeness (QED) is 0.920. The number of hydrogen-bond acceptors (Lipinski definition) is 4. The van der Waals surface area contributed by atoms with Crippen molar-refractivity contribution in [1.82, 2.24) is 15.1 Å². The predicted octanol–water partition coefficient (Wildman–Crippen LogP) is 1.69. The van der Waals surface area contributed by atoms with Crippen LogP contribution in [0.5, 0.6) is 0 Å². The average Bonchev–Trinajstić information content (AvgIpc) is 2.74. The van der Waals surface area contributed by atoms with Gasteiger partial charge in [-0.2, -0.15) is 0 Å². The highest BCUT2D eigenvalue weighted by Crippen LogP contribution is 2.26. The summed E-state index contributed by atoms with van der Waals surface area (Å²) >= 11 is 3.37. The predicted molar refractivity (Wildman–Crippen MR) is 74.6 cm³/mol. The third-order valence-electron chi connectivity index (χ3n) is 4.18.